The Balaban J connectivity index is 1.97. The van der Waals surface area contributed by atoms with Gasteiger partial charge in [-0.15, -0.1) is 0 Å². The zero-order valence-electron chi connectivity index (χ0n) is 10.1. The molecule has 90 valence electrons. The first-order chi connectivity index (χ1) is 7.84. The Hall–Kier alpha value is -1.12. The second-order valence-electron chi connectivity index (χ2n) is 4.13. The SMILES string of the molecule is CCCCCCCCCC(=O)c1ncco1. The van der Waals surface area contributed by atoms with Crippen molar-refractivity contribution >= 4 is 5.78 Å². The molecule has 1 aromatic heterocycles. The van der Waals surface area contributed by atoms with E-state index in [2.05, 4.69) is 11.9 Å². The van der Waals surface area contributed by atoms with Crippen LogP contribution >= 0.6 is 0 Å². The van der Waals surface area contributed by atoms with Gasteiger partial charge in [0.25, 0.3) is 5.89 Å². The fourth-order valence-electron chi connectivity index (χ4n) is 1.71. The van der Waals surface area contributed by atoms with Gasteiger partial charge in [0.1, 0.15) is 6.26 Å². The van der Waals surface area contributed by atoms with Gasteiger partial charge in [-0.3, -0.25) is 4.79 Å². The van der Waals surface area contributed by atoms with Gasteiger partial charge in [0, 0.05) is 6.42 Å². The van der Waals surface area contributed by atoms with E-state index < -0.39 is 0 Å². The van der Waals surface area contributed by atoms with Gasteiger partial charge in [-0.2, -0.15) is 0 Å². The van der Waals surface area contributed by atoms with Crippen LogP contribution < -0.4 is 0 Å². The van der Waals surface area contributed by atoms with E-state index in [1.54, 1.807) is 0 Å². The fourth-order valence-corrected chi connectivity index (χ4v) is 1.71. The van der Waals surface area contributed by atoms with Crippen LogP contribution in [0.25, 0.3) is 0 Å². The summed E-state index contributed by atoms with van der Waals surface area (Å²) in [7, 11) is 0. The number of nitrogens with zero attached hydrogens (tertiary/aromatic N) is 1. The number of hydrogen-bond donors (Lipinski definition) is 0. The van der Waals surface area contributed by atoms with Crippen molar-refractivity contribution in [2.45, 2.75) is 58.3 Å². The summed E-state index contributed by atoms with van der Waals surface area (Å²) in [5.74, 6) is 0.282. The van der Waals surface area contributed by atoms with Crippen molar-refractivity contribution in [3.05, 3.63) is 18.4 Å². The van der Waals surface area contributed by atoms with E-state index in [1.165, 1.54) is 44.6 Å². The molecule has 0 atom stereocenters. The molecule has 0 fully saturated rings. The van der Waals surface area contributed by atoms with Crippen LogP contribution in [0, 0.1) is 0 Å². The molecule has 0 N–H and O–H groups in total. The van der Waals surface area contributed by atoms with Crippen molar-refractivity contribution < 1.29 is 9.21 Å². The van der Waals surface area contributed by atoms with E-state index in [0.29, 0.717) is 6.42 Å². The van der Waals surface area contributed by atoms with Crippen LogP contribution in [0.4, 0.5) is 0 Å². The molecule has 0 aromatic carbocycles. The molecule has 0 saturated carbocycles. The summed E-state index contributed by atoms with van der Waals surface area (Å²) >= 11 is 0. The lowest BCUT2D eigenvalue weighted by atomic mass is 10.1. The molecule has 0 saturated heterocycles. The molecular formula is C13H21NO2. The third-order valence-corrected chi connectivity index (χ3v) is 2.68. The molecule has 0 amide bonds. The largest absolute Gasteiger partial charge is 0.442 e. The predicted octanol–water partition coefficient (Wildman–Crippen LogP) is 4.00. The summed E-state index contributed by atoms with van der Waals surface area (Å²) in [5, 5.41) is 0. The Kier molecular flexibility index (Phi) is 6.54. The molecule has 1 aromatic rings. The van der Waals surface area contributed by atoms with Gasteiger partial charge in [0.15, 0.2) is 0 Å². The van der Waals surface area contributed by atoms with E-state index in [1.807, 2.05) is 0 Å². The van der Waals surface area contributed by atoms with Crippen molar-refractivity contribution in [3.8, 4) is 0 Å². The normalized spacial score (nSPS) is 10.6. The van der Waals surface area contributed by atoms with E-state index >= 15 is 0 Å². The van der Waals surface area contributed by atoms with Gasteiger partial charge in [-0.05, 0) is 6.42 Å². The molecule has 0 radical (unpaired) electrons. The maximum absolute atomic E-state index is 11.5. The van der Waals surface area contributed by atoms with Crippen LogP contribution in [-0.2, 0) is 0 Å². The Morgan fingerprint density at radius 1 is 1.19 bits per heavy atom. The van der Waals surface area contributed by atoms with Gasteiger partial charge >= 0.3 is 0 Å². The number of Topliss-reactive ketones (excluding diaryl/α,β-unsaturated/α-hetero) is 1. The third kappa shape index (κ3) is 5.10. The molecule has 0 spiro atoms. The number of carbonyl (C=O) groups is 1. The first-order valence-electron chi connectivity index (χ1n) is 6.27. The van der Waals surface area contributed by atoms with Crippen LogP contribution in [0.3, 0.4) is 0 Å². The monoisotopic (exact) mass is 223 g/mol. The number of carbonyl (C=O) groups excluding carboxylic acids is 1. The van der Waals surface area contributed by atoms with Crippen LogP contribution in [0.15, 0.2) is 16.9 Å². The van der Waals surface area contributed by atoms with E-state index in [4.69, 9.17) is 4.42 Å². The van der Waals surface area contributed by atoms with Gasteiger partial charge in [0.2, 0.25) is 5.78 Å². The lowest BCUT2D eigenvalue weighted by Gasteiger charge is -1.99. The Bertz CT molecular complexity index is 280. The molecular weight excluding hydrogens is 202 g/mol. The number of rotatable bonds is 9. The summed E-state index contributed by atoms with van der Waals surface area (Å²) in [6.45, 7) is 2.22. The molecule has 3 heteroatoms. The van der Waals surface area contributed by atoms with Crippen LogP contribution in [-0.4, -0.2) is 10.8 Å². The molecule has 0 aliphatic carbocycles. The highest BCUT2D eigenvalue weighted by Gasteiger charge is 2.09. The number of hydrogen-bond acceptors (Lipinski definition) is 3. The maximum atomic E-state index is 11.5. The fraction of sp³-hybridized carbons (Fsp3) is 0.692. The van der Waals surface area contributed by atoms with E-state index in [0.717, 1.165) is 12.8 Å². The van der Waals surface area contributed by atoms with Gasteiger partial charge in [-0.1, -0.05) is 45.4 Å². The van der Waals surface area contributed by atoms with Crippen molar-refractivity contribution in [1.82, 2.24) is 4.98 Å². The number of oxazole rings is 1. The minimum atomic E-state index is 0.0264. The van der Waals surface area contributed by atoms with E-state index in [-0.39, 0.29) is 11.7 Å². The lowest BCUT2D eigenvalue weighted by Crippen LogP contribution is -1.98. The summed E-state index contributed by atoms with van der Waals surface area (Å²) < 4.78 is 4.94. The molecule has 1 heterocycles. The average Bonchev–Trinajstić information content (AvgIpc) is 2.81. The van der Waals surface area contributed by atoms with E-state index in [9.17, 15) is 4.79 Å². The second kappa shape index (κ2) is 8.08. The van der Waals surface area contributed by atoms with Crippen molar-refractivity contribution in [3.63, 3.8) is 0 Å². The molecule has 0 bridgehead atoms. The first kappa shape index (κ1) is 12.9. The quantitative estimate of drug-likeness (QED) is 0.469. The van der Waals surface area contributed by atoms with Crippen LogP contribution in [0.2, 0.25) is 0 Å². The van der Waals surface area contributed by atoms with Crippen molar-refractivity contribution in [2.24, 2.45) is 0 Å². The zero-order chi connectivity index (χ0) is 11.6. The highest BCUT2D eigenvalue weighted by molar-refractivity contribution is 5.91. The number of unbranched alkanes of at least 4 members (excludes halogenated alkanes) is 6. The summed E-state index contributed by atoms with van der Waals surface area (Å²) in [5.41, 5.74) is 0. The average molecular weight is 223 g/mol. The molecule has 1 rings (SSSR count). The molecule has 0 unspecified atom stereocenters. The standard InChI is InChI=1S/C13H21NO2/c1-2-3-4-5-6-7-8-9-12(15)13-14-10-11-16-13/h10-11H,2-9H2,1H3. The van der Waals surface area contributed by atoms with Gasteiger partial charge in [-0.25, -0.2) is 4.98 Å². The Labute approximate surface area is 97.3 Å². The first-order valence-corrected chi connectivity index (χ1v) is 6.27. The maximum Gasteiger partial charge on any atom is 0.263 e. The summed E-state index contributed by atoms with van der Waals surface area (Å²) in [4.78, 5) is 15.3. The third-order valence-electron chi connectivity index (χ3n) is 2.68. The minimum absolute atomic E-state index is 0.0264. The smallest absolute Gasteiger partial charge is 0.263 e. The lowest BCUT2D eigenvalue weighted by molar-refractivity contribution is 0.0945. The zero-order valence-corrected chi connectivity index (χ0v) is 10.1. The predicted molar refractivity (Wildman–Crippen MR) is 63.4 cm³/mol. The highest BCUT2D eigenvalue weighted by Crippen LogP contribution is 2.10. The van der Waals surface area contributed by atoms with Crippen LogP contribution in [0.1, 0.15) is 69.0 Å². The number of ketones is 1. The van der Waals surface area contributed by atoms with Crippen molar-refractivity contribution in [2.75, 3.05) is 0 Å². The van der Waals surface area contributed by atoms with Crippen LogP contribution in [0.5, 0.6) is 0 Å². The minimum Gasteiger partial charge on any atom is -0.442 e. The van der Waals surface area contributed by atoms with Gasteiger partial charge in [0.05, 0.1) is 6.20 Å². The molecule has 0 aliphatic heterocycles. The summed E-state index contributed by atoms with van der Waals surface area (Å²) in [6.07, 6.45) is 12.1. The second-order valence-corrected chi connectivity index (χ2v) is 4.13. The summed E-state index contributed by atoms with van der Waals surface area (Å²) in [6, 6.07) is 0. The molecule has 16 heavy (non-hydrogen) atoms. The molecule has 0 aliphatic rings. The topological polar surface area (TPSA) is 43.1 Å². The van der Waals surface area contributed by atoms with Gasteiger partial charge < -0.3 is 4.42 Å². The highest BCUT2D eigenvalue weighted by atomic mass is 16.3. The molecule has 3 nitrogen and oxygen atoms in total. The van der Waals surface area contributed by atoms with Crippen molar-refractivity contribution in [1.29, 1.82) is 0 Å². The Morgan fingerprint density at radius 2 is 1.88 bits per heavy atom. The number of aromatic nitrogens is 1. The Morgan fingerprint density at radius 3 is 2.50 bits per heavy atom.